The topological polar surface area (TPSA) is 178 Å². The molecule has 0 bridgehead atoms. The van der Waals surface area contributed by atoms with Crippen LogP contribution in [0.15, 0.2) is 28.4 Å². The zero-order chi connectivity index (χ0) is 47.1. The average Bonchev–Trinajstić information content (AvgIpc) is 3.60. The predicted octanol–water partition coefficient (Wildman–Crippen LogP) is 7.53. The van der Waals surface area contributed by atoms with Crippen molar-refractivity contribution in [2.75, 3.05) is 124 Å². The van der Waals surface area contributed by atoms with Gasteiger partial charge in [0.15, 0.2) is 0 Å². The van der Waals surface area contributed by atoms with Gasteiger partial charge in [0.2, 0.25) is 5.00 Å². The number of aliphatic hydroxyl groups is 1. The van der Waals surface area contributed by atoms with E-state index in [0.717, 1.165) is 11.3 Å². The highest BCUT2D eigenvalue weighted by Gasteiger charge is 2.16. The van der Waals surface area contributed by atoms with E-state index >= 15 is 0 Å². The minimum Gasteiger partial charge on any atom is -0.394 e. The van der Waals surface area contributed by atoms with E-state index in [1.807, 2.05) is 80.6 Å². The van der Waals surface area contributed by atoms with Gasteiger partial charge in [0, 0.05) is 19.3 Å². The Balaban J connectivity index is 1.49. The Kier molecular flexibility index (Phi) is 30.4. The summed E-state index contributed by atoms with van der Waals surface area (Å²) >= 11 is 1.18. The third-order valence-electron chi connectivity index (χ3n) is 9.41. The molecule has 17 nitrogen and oxygen atoms in total. The molecule has 2 rings (SSSR count). The van der Waals surface area contributed by atoms with Crippen molar-refractivity contribution in [3.63, 3.8) is 0 Å². The minimum atomic E-state index is -0.108. The molecule has 18 heteroatoms. The van der Waals surface area contributed by atoms with E-state index in [-0.39, 0.29) is 49.3 Å². The first-order valence-corrected chi connectivity index (χ1v) is 23.0. The fraction of sp³-hybridized carbons (Fsp3) is 0.739. The number of thiophene rings is 1. The van der Waals surface area contributed by atoms with Crippen LogP contribution in [0.3, 0.4) is 0 Å². The lowest BCUT2D eigenvalue weighted by Crippen LogP contribution is -2.30. The van der Waals surface area contributed by atoms with Crippen LogP contribution in [-0.2, 0) is 52.1 Å². The average molecular weight is 922 g/mol. The van der Waals surface area contributed by atoms with Gasteiger partial charge < -0.3 is 62.1 Å². The lowest BCUT2D eigenvalue weighted by molar-refractivity contribution is -0.108. The molecule has 2 aromatic rings. The Morgan fingerprint density at radius 1 is 0.641 bits per heavy atom. The van der Waals surface area contributed by atoms with E-state index in [1.165, 1.54) is 11.3 Å². The number of nitriles is 1. The molecule has 0 saturated carbocycles. The first kappa shape index (κ1) is 56.9. The smallest absolute Gasteiger partial charge is 0.247 e. The van der Waals surface area contributed by atoms with Crippen molar-refractivity contribution in [3.05, 3.63) is 46.3 Å². The standard InChI is InChI=1S/C46H75N5O12S/c1-33-24-42(12-13-44(33)49-50-46-43(25-47)41(9)45(48-10)64-46)51(11)14-16-56-26-34(2)58-28-36(4)60-30-38(6)62-32-40(8)63-31-39(7)61-29-37(5)59-27-35(3)57-23-22-55-21-20-54-19-18-53-17-15-52/h12-13,24,34-40,52H,14-23,26-32H2,1-9,11H3. The predicted molar refractivity (Wildman–Crippen MR) is 247 cm³/mol. The van der Waals surface area contributed by atoms with Gasteiger partial charge >= 0.3 is 0 Å². The van der Waals surface area contributed by atoms with Gasteiger partial charge in [-0.15, -0.1) is 21.6 Å². The zero-order valence-corrected chi connectivity index (χ0v) is 40.7. The van der Waals surface area contributed by atoms with Crippen LogP contribution >= 0.6 is 11.3 Å². The van der Waals surface area contributed by atoms with Gasteiger partial charge in [-0.3, -0.25) is 0 Å². The second-order valence-electron chi connectivity index (χ2n) is 15.7. The minimum absolute atomic E-state index is 0.0137. The Bertz CT molecular complexity index is 1660. The molecule has 0 aliphatic rings. The van der Waals surface area contributed by atoms with Crippen LogP contribution in [0.4, 0.5) is 21.4 Å². The van der Waals surface area contributed by atoms with Crippen molar-refractivity contribution in [2.24, 2.45) is 10.2 Å². The maximum atomic E-state index is 9.48. The van der Waals surface area contributed by atoms with Crippen LogP contribution in [0.25, 0.3) is 4.85 Å². The number of aryl methyl sites for hydroxylation is 1. The Labute approximate surface area is 386 Å². The summed E-state index contributed by atoms with van der Waals surface area (Å²) in [6, 6.07) is 8.05. The number of anilines is 1. The Hall–Kier alpha value is -3.18. The van der Waals surface area contributed by atoms with Gasteiger partial charge in [0.05, 0.1) is 166 Å². The van der Waals surface area contributed by atoms with Gasteiger partial charge in [-0.2, -0.15) is 5.26 Å². The molecule has 1 N–H and O–H groups in total. The number of ether oxygens (including phenoxy) is 11. The van der Waals surface area contributed by atoms with E-state index < -0.39 is 0 Å². The number of aliphatic hydroxyl groups excluding tert-OH is 1. The molecule has 362 valence electrons. The lowest BCUT2D eigenvalue weighted by Gasteiger charge is -2.23. The fourth-order valence-electron chi connectivity index (χ4n) is 5.51. The summed E-state index contributed by atoms with van der Waals surface area (Å²) in [5, 5.41) is 27.7. The quantitative estimate of drug-likeness (QED) is 0.0397. The van der Waals surface area contributed by atoms with E-state index in [1.54, 1.807) is 6.92 Å². The second-order valence-corrected chi connectivity index (χ2v) is 16.7. The monoisotopic (exact) mass is 922 g/mol. The molecule has 0 aliphatic heterocycles. The van der Waals surface area contributed by atoms with Crippen molar-refractivity contribution in [2.45, 2.75) is 105 Å². The summed E-state index contributed by atoms with van der Waals surface area (Å²) in [6.07, 6.45) is -0.678. The van der Waals surface area contributed by atoms with Crippen LogP contribution in [-0.4, -0.2) is 167 Å². The van der Waals surface area contributed by atoms with E-state index in [9.17, 15) is 5.26 Å². The third kappa shape index (κ3) is 24.9. The summed E-state index contributed by atoms with van der Waals surface area (Å²) < 4.78 is 63.4. The highest BCUT2D eigenvalue weighted by atomic mass is 32.1. The van der Waals surface area contributed by atoms with Gasteiger partial charge in [0.25, 0.3) is 0 Å². The number of benzene rings is 1. The lowest BCUT2D eigenvalue weighted by atomic mass is 10.1. The van der Waals surface area contributed by atoms with Gasteiger partial charge in [0.1, 0.15) is 11.1 Å². The molecule has 0 saturated heterocycles. The highest BCUT2D eigenvalue weighted by molar-refractivity contribution is 7.20. The van der Waals surface area contributed by atoms with Crippen LogP contribution in [0.2, 0.25) is 0 Å². The molecule has 64 heavy (non-hydrogen) atoms. The molecule has 7 unspecified atom stereocenters. The maximum Gasteiger partial charge on any atom is 0.247 e. The van der Waals surface area contributed by atoms with E-state index in [4.69, 9.17) is 63.8 Å². The normalized spacial score (nSPS) is 15.1. The zero-order valence-electron chi connectivity index (χ0n) is 39.9. The molecule has 0 radical (unpaired) electrons. The van der Waals surface area contributed by atoms with Crippen molar-refractivity contribution in [1.82, 2.24) is 0 Å². The number of hydrogen-bond donors (Lipinski definition) is 1. The van der Waals surface area contributed by atoms with Gasteiger partial charge in [-0.25, -0.2) is 4.85 Å². The molecule has 1 aromatic heterocycles. The van der Waals surface area contributed by atoms with Crippen LogP contribution in [0.1, 0.15) is 65.2 Å². The third-order valence-corrected chi connectivity index (χ3v) is 10.5. The van der Waals surface area contributed by atoms with Crippen LogP contribution in [0, 0.1) is 31.8 Å². The number of azo groups is 1. The summed E-state index contributed by atoms with van der Waals surface area (Å²) in [6.45, 7) is 32.4. The second kappa shape index (κ2) is 34.2. The number of rotatable bonds is 38. The molecule has 7 atom stereocenters. The van der Waals surface area contributed by atoms with Gasteiger partial charge in [-0.1, -0.05) is 0 Å². The van der Waals surface area contributed by atoms with Crippen LogP contribution < -0.4 is 4.90 Å². The largest absolute Gasteiger partial charge is 0.394 e. The summed E-state index contributed by atoms with van der Waals surface area (Å²) in [5.41, 5.74) is 3.71. The molecular weight excluding hydrogens is 847 g/mol. The Morgan fingerprint density at radius 3 is 1.55 bits per heavy atom. The highest BCUT2D eigenvalue weighted by Crippen LogP contribution is 2.41. The van der Waals surface area contributed by atoms with Crippen molar-refractivity contribution in [1.29, 1.82) is 5.26 Å². The van der Waals surface area contributed by atoms with Crippen LogP contribution in [0.5, 0.6) is 0 Å². The summed E-state index contributed by atoms with van der Waals surface area (Å²) in [7, 11) is 2.01. The van der Waals surface area contributed by atoms with Crippen molar-refractivity contribution in [3.8, 4) is 6.07 Å². The molecular formula is C46H75N5O12S. The molecule has 1 heterocycles. The molecule has 0 amide bonds. The maximum absolute atomic E-state index is 9.48. The van der Waals surface area contributed by atoms with Crippen molar-refractivity contribution >= 4 is 32.7 Å². The summed E-state index contributed by atoms with van der Waals surface area (Å²) in [5.74, 6) is 0. The SMILES string of the molecule is [C-]#[N+]c1sc(N=Nc2ccc(N(C)CCOCC(C)OCC(C)OCC(C)OCC(C)OCC(C)OCC(C)OCC(C)OCCOCCOCCOCCO)cc2C)c(C#N)c1C. The first-order valence-electron chi connectivity index (χ1n) is 22.1. The number of nitrogens with zero attached hydrogens (tertiary/aromatic N) is 5. The molecule has 0 spiro atoms. The number of likely N-dealkylation sites (N-methyl/N-ethyl adjacent to an activating group) is 1. The summed E-state index contributed by atoms with van der Waals surface area (Å²) in [4.78, 5) is 5.59. The van der Waals surface area contributed by atoms with Crippen molar-refractivity contribution < 1.29 is 57.2 Å². The molecule has 0 aliphatic carbocycles. The first-order chi connectivity index (χ1) is 30.8. The molecule has 0 fully saturated rings. The van der Waals surface area contributed by atoms with E-state index in [2.05, 4.69) is 26.0 Å². The van der Waals surface area contributed by atoms with Gasteiger partial charge in [-0.05, 0) is 91.6 Å². The Morgan fingerprint density at radius 2 is 1.09 bits per heavy atom. The van der Waals surface area contributed by atoms with E-state index in [0.29, 0.717) is 132 Å². The molecule has 1 aromatic carbocycles. The fourth-order valence-corrected chi connectivity index (χ4v) is 6.38. The number of hydrogen-bond acceptors (Lipinski definition) is 17.